The summed E-state index contributed by atoms with van der Waals surface area (Å²) in [7, 11) is 3.25. The second-order valence-corrected chi connectivity index (χ2v) is 8.23. The van der Waals surface area contributed by atoms with E-state index in [0.29, 0.717) is 17.9 Å². The molecule has 1 heterocycles. The summed E-state index contributed by atoms with van der Waals surface area (Å²) >= 11 is 1.96. The zero-order valence-electron chi connectivity index (χ0n) is 14.6. The fraction of sp³-hybridized carbons (Fsp3) is 0.611. The fourth-order valence-electron chi connectivity index (χ4n) is 2.72. The van der Waals surface area contributed by atoms with Gasteiger partial charge in [0.15, 0.2) is 11.5 Å². The van der Waals surface area contributed by atoms with Gasteiger partial charge < -0.3 is 14.4 Å². The second-order valence-electron chi connectivity index (χ2n) is 6.43. The third-order valence-electron chi connectivity index (χ3n) is 4.27. The van der Waals surface area contributed by atoms with E-state index < -0.39 is 0 Å². The molecule has 2 rings (SSSR count). The molecule has 1 fully saturated rings. The van der Waals surface area contributed by atoms with Gasteiger partial charge in [-0.3, -0.25) is 4.79 Å². The Balaban J connectivity index is 1.91. The molecule has 0 aliphatic carbocycles. The van der Waals surface area contributed by atoms with Crippen LogP contribution in [-0.2, 0) is 11.2 Å². The molecule has 5 heteroatoms. The van der Waals surface area contributed by atoms with Crippen molar-refractivity contribution in [2.75, 3.05) is 33.1 Å². The molecular weight excluding hydrogens is 310 g/mol. The predicted molar refractivity (Wildman–Crippen MR) is 95.6 cm³/mol. The Hall–Kier alpha value is -1.36. The Morgan fingerprint density at radius 1 is 1.22 bits per heavy atom. The van der Waals surface area contributed by atoms with Gasteiger partial charge in [0.2, 0.25) is 5.91 Å². The number of hydrogen-bond donors (Lipinski definition) is 0. The van der Waals surface area contributed by atoms with E-state index in [-0.39, 0.29) is 10.7 Å². The third-order valence-corrected chi connectivity index (χ3v) is 5.64. The van der Waals surface area contributed by atoms with Gasteiger partial charge in [-0.1, -0.05) is 19.9 Å². The highest BCUT2D eigenvalue weighted by Crippen LogP contribution is 2.31. The van der Waals surface area contributed by atoms with Gasteiger partial charge in [0.25, 0.3) is 0 Å². The molecule has 0 spiro atoms. The van der Waals surface area contributed by atoms with E-state index in [9.17, 15) is 4.79 Å². The molecule has 128 valence electrons. The number of carbonyl (C=O) groups excluding carboxylic acids is 1. The normalized spacial score (nSPS) is 17.5. The molecule has 1 saturated heterocycles. The minimum absolute atomic E-state index is 0.248. The first-order valence-electron chi connectivity index (χ1n) is 8.08. The SMILES string of the molecule is COc1ccc(CCC(=O)N2CCSC(C)(C)CC2)cc1OC. The molecule has 1 amide bonds. The Morgan fingerprint density at radius 3 is 2.65 bits per heavy atom. The summed E-state index contributed by atoms with van der Waals surface area (Å²) in [5.74, 6) is 2.70. The molecule has 1 aliphatic rings. The summed E-state index contributed by atoms with van der Waals surface area (Å²) < 4.78 is 10.8. The minimum Gasteiger partial charge on any atom is -0.493 e. The lowest BCUT2D eigenvalue weighted by atomic mass is 10.1. The van der Waals surface area contributed by atoms with Crippen molar-refractivity contribution in [2.45, 2.75) is 37.9 Å². The summed E-state index contributed by atoms with van der Waals surface area (Å²) in [5.41, 5.74) is 1.10. The lowest BCUT2D eigenvalue weighted by Gasteiger charge is -2.22. The number of hydrogen-bond acceptors (Lipinski definition) is 4. The minimum atomic E-state index is 0.248. The van der Waals surface area contributed by atoms with Crippen LogP contribution in [-0.4, -0.2) is 48.6 Å². The molecule has 23 heavy (non-hydrogen) atoms. The number of benzene rings is 1. The molecule has 0 saturated carbocycles. The summed E-state index contributed by atoms with van der Waals surface area (Å²) in [6, 6.07) is 5.84. The van der Waals surface area contributed by atoms with Gasteiger partial charge in [-0.05, 0) is 30.5 Å². The van der Waals surface area contributed by atoms with Crippen molar-refractivity contribution >= 4 is 17.7 Å². The summed E-state index contributed by atoms with van der Waals surface area (Å²) in [4.78, 5) is 14.5. The largest absolute Gasteiger partial charge is 0.493 e. The van der Waals surface area contributed by atoms with E-state index in [1.807, 2.05) is 34.9 Å². The van der Waals surface area contributed by atoms with Crippen LogP contribution in [0.5, 0.6) is 11.5 Å². The fourth-order valence-corrected chi connectivity index (χ4v) is 3.82. The number of nitrogens with zero attached hydrogens (tertiary/aromatic N) is 1. The number of aryl methyl sites for hydroxylation is 1. The number of carbonyl (C=O) groups is 1. The molecule has 0 bridgehead atoms. The maximum atomic E-state index is 12.5. The van der Waals surface area contributed by atoms with E-state index in [2.05, 4.69) is 13.8 Å². The van der Waals surface area contributed by atoms with Crippen molar-refractivity contribution in [3.05, 3.63) is 23.8 Å². The van der Waals surface area contributed by atoms with Crippen LogP contribution in [0.2, 0.25) is 0 Å². The van der Waals surface area contributed by atoms with Crippen molar-refractivity contribution < 1.29 is 14.3 Å². The van der Waals surface area contributed by atoms with E-state index >= 15 is 0 Å². The van der Waals surface area contributed by atoms with Crippen molar-refractivity contribution in [1.29, 1.82) is 0 Å². The van der Waals surface area contributed by atoms with E-state index in [1.165, 1.54) is 0 Å². The number of rotatable bonds is 5. The van der Waals surface area contributed by atoms with E-state index in [4.69, 9.17) is 9.47 Å². The predicted octanol–water partition coefficient (Wildman–Crippen LogP) is 3.38. The molecule has 0 N–H and O–H groups in total. The summed E-state index contributed by atoms with van der Waals surface area (Å²) in [6.45, 7) is 6.24. The van der Waals surface area contributed by atoms with Crippen molar-refractivity contribution in [2.24, 2.45) is 0 Å². The lowest BCUT2D eigenvalue weighted by Crippen LogP contribution is -2.33. The van der Waals surface area contributed by atoms with E-state index in [1.54, 1.807) is 14.2 Å². The third kappa shape index (κ3) is 5.06. The number of methoxy groups -OCH3 is 2. The first-order valence-corrected chi connectivity index (χ1v) is 9.06. The van der Waals surface area contributed by atoms with Gasteiger partial charge in [-0.2, -0.15) is 11.8 Å². The molecule has 4 nitrogen and oxygen atoms in total. The van der Waals surface area contributed by atoms with Crippen LogP contribution in [0.1, 0.15) is 32.3 Å². The lowest BCUT2D eigenvalue weighted by molar-refractivity contribution is -0.130. The summed E-state index contributed by atoms with van der Waals surface area (Å²) in [6.07, 6.45) is 2.33. The number of thioether (sulfide) groups is 1. The standard InChI is InChI=1S/C18H27NO3S/c1-18(2)9-10-19(11-12-23-18)17(20)8-6-14-5-7-15(21-3)16(13-14)22-4/h5,7,13H,6,8-12H2,1-4H3. The Labute approximate surface area is 143 Å². The van der Waals surface area contributed by atoms with Gasteiger partial charge in [0.05, 0.1) is 14.2 Å². The molecule has 0 atom stereocenters. The van der Waals surface area contributed by atoms with Gasteiger partial charge in [-0.25, -0.2) is 0 Å². The molecule has 1 aromatic carbocycles. The average Bonchev–Trinajstić information content (AvgIpc) is 2.73. The molecular formula is C18H27NO3S. The van der Waals surface area contributed by atoms with Crippen molar-refractivity contribution in [3.8, 4) is 11.5 Å². The highest BCUT2D eigenvalue weighted by atomic mass is 32.2. The highest BCUT2D eigenvalue weighted by Gasteiger charge is 2.25. The van der Waals surface area contributed by atoms with Crippen molar-refractivity contribution in [3.63, 3.8) is 0 Å². The summed E-state index contributed by atoms with van der Waals surface area (Å²) in [5, 5.41) is 0. The second kappa shape index (κ2) is 7.95. The van der Waals surface area contributed by atoms with E-state index in [0.717, 1.165) is 37.2 Å². The quantitative estimate of drug-likeness (QED) is 0.826. The highest BCUT2D eigenvalue weighted by molar-refractivity contribution is 8.00. The van der Waals surface area contributed by atoms with Crippen LogP contribution < -0.4 is 9.47 Å². The topological polar surface area (TPSA) is 38.8 Å². The van der Waals surface area contributed by atoms with Crippen LogP contribution in [0, 0.1) is 0 Å². The van der Waals surface area contributed by atoms with Gasteiger partial charge in [0, 0.05) is 30.0 Å². The van der Waals surface area contributed by atoms with Gasteiger partial charge in [0.1, 0.15) is 0 Å². The number of amides is 1. The molecule has 1 aromatic rings. The van der Waals surface area contributed by atoms with Crippen LogP contribution in [0.15, 0.2) is 18.2 Å². The smallest absolute Gasteiger partial charge is 0.222 e. The molecule has 1 aliphatic heterocycles. The average molecular weight is 337 g/mol. The maximum Gasteiger partial charge on any atom is 0.222 e. The molecule has 0 radical (unpaired) electrons. The van der Waals surface area contributed by atoms with Crippen molar-refractivity contribution in [1.82, 2.24) is 4.90 Å². The van der Waals surface area contributed by atoms with Crippen LogP contribution in [0.3, 0.4) is 0 Å². The van der Waals surface area contributed by atoms with Gasteiger partial charge in [-0.15, -0.1) is 0 Å². The zero-order chi connectivity index (χ0) is 16.9. The monoisotopic (exact) mass is 337 g/mol. The number of ether oxygens (including phenoxy) is 2. The van der Waals surface area contributed by atoms with Crippen LogP contribution in [0.25, 0.3) is 0 Å². The Morgan fingerprint density at radius 2 is 1.96 bits per heavy atom. The van der Waals surface area contributed by atoms with Crippen LogP contribution in [0.4, 0.5) is 0 Å². The molecule has 0 unspecified atom stereocenters. The zero-order valence-corrected chi connectivity index (χ0v) is 15.4. The van der Waals surface area contributed by atoms with Gasteiger partial charge >= 0.3 is 0 Å². The maximum absolute atomic E-state index is 12.5. The van der Waals surface area contributed by atoms with Crippen LogP contribution >= 0.6 is 11.8 Å². The first-order chi connectivity index (χ1) is 10.9. The Bertz CT molecular complexity index is 545. The first kappa shape index (κ1) is 18.0. The Kier molecular flexibility index (Phi) is 6.22. The molecule has 0 aromatic heterocycles.